The Hall–Kier alpha value is -2.15. The van der Waals surface area contributed by atoms with E-state index in [0.29, 0.717) is 5.17 Å². The van der Waals surface area contributed by atoms with Gasteiger partial charge in [-0.15, -0.1) is 5.10 Å². The molecule has 148 valence electrons. The molecule has 2 aromatic rings. The zero-order chi connectivity index (χ0) is 19.6. The molecule has 0 spiro atoms. The van der Waals surface area contributed by atoms with E-state index in [4.69, 9.17) is 5.73 Å². The Balaban J connectivity index is 1.46. The second-order valence-electron chi connectivity index (χ2n) is 7.13. The lowest BCUT2D eigenvalue weighted by Crippen LogP contribution is -2.28. The summed E-state index contributed by atoms with van der Waals surface area (Å²) in [5.41, 5.74) is 9.52. The van der Waals surface area contributed by atoms with Crippen LogP contribution in [-0.4, -0.2) is 54.4 Å². The first-order valence-corrected chi connectivity index (χ1v) is 10.7. The van der Waals surface area contributed by atoms with Crippen LogP contribution in [-0.2, 0) is 12.3 Å². The summed E-state index contributed by atoms with van der Waals surface area (Å²) in [4.78, 5) is 4.94. The maximum Gasteiger partial charge on any atom is 0.180 e. The average molecular weight is 396 g/mol. The van der Waals surface area contributed by atoms with Crippen molar-refractivity contribution in [3.05, 3.63) is 71.3 Å². The van der Waals surface area contributed by atoms with Gasteiger partial charge in [0.25, 0.3) is 0 Å². The molecule has 1 aliphatic rings. The Bertz CT molecular complexity index is 773. The van der Waals surface area contributed by atoms with Gasteiger partial charge in [0, 0.05) is 25.4 Å². The molecule has 0 bridgehead atoms. The van der Waals surface area contributed by atoms with Gasteiger partial charge in [-0.2, -0.15) is 5.10 Å². The minimum absolute atomic E-state index is 0.475. The fraction of sp³-hybridized carbons (Fsp3) is 0.364. The number of rotatable bonds is 6. The van der Waals surface area contributed by atoms with Gasteiger partial charge in [-0.25, -0.2) is 0 Å². The molecule has 0 aromatic heterocycles. The SMILES string of the molecule is CN1CCCN(Cc2ccc(C=NN=C(N)SCc3ccccc3)cc2)CC1. The Morgan fingerprint density at radius 1 is 1.00 bits per heavy atom. The van der Waals surface area contributed by atoms with Crippen molar-refractivity contribution in [3.63, 3.8) is 0 Å². The summed E-state index contributed by atoms with van der Waals surface area (Å²) in [5.74, 6) is 0.798. The second-order valence-corrected chi connectivity index (χ2v) is 8.13. The van der Waals surface area contributed by atoms with Crippen LogP contribution in [0.1, 0.15) is 23.1 Å². The Labute approximate surface area is 172 Å². The van der Waals surface area contributed by atoms with Crippen molar-refractivity contribution in [2.24, 2.45) is 15.9 Å². The number of hydrogen-bond donors (Lipinski definition) is 1. The van der Waals surface area contributed by atoms with Crippen LogP contribution in [0.15, 0.2) is 64.8 Å². The van der Waals surface area contributed by atoms with Crippen LogP contribution in [0.4, 0.5) is 0 Å². The van der Waals surface area contributed by atoms with Crippen LogP contribution < -0.4 is 5.73 Å². The first-order valence-electron chi connectivity index (χ1n) is 9.72. The molecule has 1 heterocycles. The predicted molar refractivity (Wildman–Crippen MR) is 121 cm³/mol. The van der Waals surface area contributed by atoms with Gasteiger partial charge >= 0.3 is 0 Å². The molecule has 0 amide bonds. The molecule has 3 rings (SSSR count). The van der Waals surface area contributed by atoms with Crippen molar-refractivity contribution in [2.45, 2.75) is 18.7 Å². The smallest absolute Gasteiger partial charge is 0.180 e. The van der Waals surface area contributed by atoms with Gasteiger partial charge in [0.15, 0.2) is 5.17 Å². The molecule has 0 radical (unpaired) electrons. The number of nitrogens with zero attached hydrogens (tertiary/aromatic N) is 4. The lowest BCUT2D eigenvalue weighted by molar-refractivity contribution is 0.269. The molecule has 5 nitrogen and oxygen atoms in total. The highest BCUT2D eigenvalue weighted by Crippen LogP contribution is 2.12. The standard InChI is InChI=1S/C22H29N5S/c1-26-12-5-13-27(15-14-26)17-20-10-8-19(9-11-20)16-24-25-22(23)28-18-21-6-3-2-4-7-21/h2-4,6-11,16H,5,12-15,17-18H2,1H3,(H2,23,25). The van der Waals surface area contributed by atoms with E-state index in [9.17, 15) is 0 Å². The largest absolute Gasteiger partial charge is 0.377 e. The van der Waals surface area contributed by atoms with Crippen LogP contribution in [0.2, 0.25) is 0 Å². The highest BCUT2D eigenvalue weighted by Gasteiger charge is 2.11. The molecular weight excluding hydrogens is 366 g/mol. The van der Waals surface area contributed by atoms with Crippen molar-refractivity contribution in [2.75, 3.05) is 33.2 Å². The molecule has 2 N–H and O–H groups in total. The van der Waals surface area contributed by atoms with E-state index in [0.717, 1.165) is 31.0 Å². The minimum atomic E-state index is 0.475. The summed E-state index contributed by atoms with van der Waals surface area (Å²) in [7, 11) is 2.20. The van der Waals surface area contributed by atoms with Crippen LogP contribution in [0, 0.1) is 0 Å². The highest BCUT2D eigenvalue weighted by molar-refractivity contribution is 8.13. The topological polar surface area (TPSA) is 57.2 Å². The zero-order valence-corrected chi connectivity index (χ0v) is 17.3. The van der Waals surface area contributed by atoms with E-state index in [1.165, 1.54) is 42.4 Å². The summed E-state index contributed by atoms with van der Waals surface area (Å²) >= 11 is 1.49. The molecule has 1 saturated heterocycles. The average Bonchev–Trinajstić information content (AvgIpc) is 2.93. The second kappa shape index (κ2) is 11.0. The molecule has 0 unspecified atom stereocenters. The highest BCUT2D eigenvalue weighted by atomic mass is 32.2. The van der Waals surface area contributed by atoms with Crippen LogP contribution in [0.25, 0.3) is 0 Å². The lowest BCUT2D eigenvalue weighted by atomic mass is 10.1. The van der Waals surface area contributed by atoms with Crippen molar-refractivity contribution in [3.8, 4) is 0 Å². The van der Waals surface area contributed by atoms with Crippen LogP contribution in [0.5, 0.6) is 0 Å². The molecule has 0 aliphatic carbocycles. The van der Waals surface area contributed by atoms with E-state index < -0.39 is 0 Å². The van der Waals surface area contributed by atoms with E-state index in [1.54, 1.807) is 6.21 Å². The Morgan fingerprint density at radius 2 is 1.79 bits per heavy atom. The lowest BCUT2D eigenvalue weighted by Gasteiger charge is -2.20. The first-order chi connectivity index (χ1) is 13.7. The Kier molecular flexibility index (Phi) is 8.08. The third-order valence-electron chi connectivity index (χ3n) is 4.79. The number of nitrogens with two attached hydrogens (primary N) is 1. The predicted octanol–water partition coefficient (Wildman–Crippen LogP) is 3.41. The summed E-state index contributed by atoms with van der Waals surface area (Å²) in [6, 6.07) is 18.7. The summed E-state index contributed by atoms with van der Waals surface area (Å²) in [6.45, 7) is 5.65. The fourth-order valence-electron chi connectivity index (χ4n) is 3.14. The van der Waals surface area contributed by atoms with Gasteiger partial charge in [-0.05, 0) is 43.2 Å². The minimum Gasteiger partial charge on any atom is -0.377 e. The zero-order valence-electron chi connectivity index (χ0n) is 16.5. The quantitative estimate of drug-likeness (QED) is 0.463. The fourth-order valence-corrected chi connectivity index (χ4v) is 3.75. The van der Waals surface area contributed by atoms with Gasteiger partial charge in [0.05, 0.1) is 6.21 Å². The van der Waals surface area contributed by atoms with Gasteiger partial charge in [-0.3, -0.25) is 4.90 Å². The molecule has 0 saturated carbocycles. The van der Waals surface area contributed by atoms with Crippen LogP contribution in [0.3, 0.4) is 0 Å². The van der Waals surface area contributed by atoms with E-state index in [1.807, 2.05) is 18.2 Å². The van der Waals surface area contributed by atoms with Crippen LogP contribution >= 0.6 is 11.8 Å². The Morgan fingerprint density at radius 3 is 2.57 bits per heavy atom. The summed E-state index contributed by atoms with van der Waals surface area (Å²) in [5, 5.41) is 8.68. The third-order valence-corrected chi connectivity index (χ3v) is 5.65. The molecule has 1 aliphatic heterocycles. The third kappa shape index (κ3) is 7.11. The van der Waals surface area contributed by atoms with Gasteiger partial charge in [-0.1, -0.05) is 66.4 Å². The van der Waals surface area contributed by atoms with Crippen molar-refractivity contribution >= 4 is 23.1 Å². The van der Waals surface area contributed by atoms with Gasteiger partial charge in [0.1, 0.15) is 0 Å². The summed E-state index contributed by atoms with van der Waals surface area (Å²) in [6.07, 6.45) is 2.99. The molecular formula is C22H29N5S. The van der Waals surface area contributed by atoms with Gasteiger partial charge < -0.3 is 10.6 Å². The van der Waals surface area contributed by atoms with Gasteiger partial charge in [0.2, 0.25) is 0 Å². The van der Waals surface area contributed by atoms with Crippen molar-refractivity contribution in [1.29, 1.82) is 0 Å². The van der Waals surface area contributed by atoms with Crippen molar-refractivity contribution in [1.82, 2.24) is 9.80 Å². The van der Waals surface area contributed by atoms with E-state index in [2.05, 4.69) is 63.4 Å². The first kappa shape index (κ1) is 20.6. The molecule has 2 aromatic carbocycles. The number of thioether (sulfide) groups is 1. The number of amidine groups is 1. The molecule has 0 atom stereocenters. The van der Waals surface area contributed by atoms with E-state index >= 15 is 0 Å². The van der Waals surface area contributed by atoms with E-state index in [-0.39, 0.29) is 0 Å². The maximum atomic E-state index is 5.93. The maximum absolute atomic E-state index is 5.93. The molecule has 1 fully saturated rings. The van der Waals surface area contributed by atoms with Crippen molar-refractivity contribution < 1.29 is 0 Å². The number of benzene rings is 2. The monoisotopic (exact) mass is 395 g/mol. The number of likely N-dealkylation sites (N-methyl/N-ethyl adjacent to an activating group) is 1. The molecule has 28 heavy (non-hydrogen) atoms. The normalized spacial score (nSPS) is 17.1. The molecule has 6 heteroatoms. The number of hydrogen-bond acceptors (Lipinski definition) is 5. The summed E-state index contributed by atoms with van der Waals surface area (Å²) < 4.78 is 0.